The molecule has 0 aliphatic rings. The van der Waals surface area contributed by atoms with Gasteiger partial charge in [0.15, 0.2) is 0 Å². The molecule has 0 unspecified atom stereocenters. The molecule has 0 atom stereocenters. The molecule has 0 aromatic carbocycles. The molecular formula is C19H36O4. The van der Waals surface area contributed by atoms with Crippen LogP contribution in [0, 0.1) is 5.41 Å². The number of carbonyl (C=O) groups is 2. The topological polar surface area (TPSA) is 52.6 Å². The molecule has 0 saturated carbocycles. The van der Waals surface area contributed by atoms with Gasteiger partial charge in [0.1, 0.15) is 0 Å². The average Bonchev–Trinajstić information content (AvgIpc) is 2.47. The maximum Gasteiger partial charge on any atom is 0.305 e. The zero-order valence-corrected chi connectivity index (χ0v) is 15.6. The quantitative estimate of drug-likeness (QED) is 0.351. The molecular weight excluding hydrogens is 292 g/mol. The summed E-state index contributed by atoms with van der Waals surface area (Å²) in [4.78, 5) is 23.0. The molecule has 0 heterocycles. The molecule has 4 nitrogen and oxygen atoms in total. The van der Waals surface area contributed by atoms with E-state index >= 15 is 0 Å². The molecule has 0 aromatic heterocycles. The lowest BCUT2D eigenvalue weighted by molar-refractivity contribution is -0.147. The fraction of sp³-hybridized carbons (Fsp3) is 0.895. The Kier molecular flexibility index (Phi) is 12.8. The van der Waals surface area contributed by atoms with Crippen molar-refractivity contribution in [2.75, 3.05) is 13.2 Å². The van der Waals surface area contributed by atoms with Gasteiger partial charge in [-0.15, -0.1) is 0 Å². The number of rotatable bonds is 13. The summed E-state index contributed by atoms with van der Waals surface area (Å²) in [6.45, 7) is 9.17. The fourth-order valence-electron chi connectivity index (χ4n) is 2.06. The second kappa shape index (κ2) is 13.4. The first-order valence-electron chi connectivity index (χ1n) is 9.16. The molecule has 136 valence electrons. The van der Waals surface area contributed by atoms with E-state index in [0.717, 1.165) is 12.8 Å². The smallest absolute Gasteiger partial charge is 0.305 e. The second-order valence-electron chi connectivity index (χ2n) is 7.42. The monoisotopic (exact) mass is 328 g/mol. The summed E-state index contributed by atoms with van der Waals surface area (Å²) in [5, 5.41) is 0. The van der Waals surface area contributed by atoms with Crippen LogP contribution in [0.25, 0.3) is 0 Å². The molecule has 0 aromatic rings. The summed E-state index contributed by atoms with van der Waals surface area (Å²) in [6.07, 6.45) is 9.51. The van der Waals surface area contributed by atoms with E-state index in [9.17, 15) is 9.59 Å². The summed E-state index contributed by atoms with van der Waals surface area (Å²) in [5.41, 5.74) is -0.0227. The van der Waals surface area contributed by atoms with Crippen molar-refractivity contribution >= 4 is 11.9 Å². The third kappa shape index (κ3) is 17.1. The second-order valence-corrected chi connectivity index (χ2v) is 7.42. The molecule has 0 radical (unpaired) electrons. The summed E-state index contributed by atoms with van der Waals surface area (Å²) in [6, 6.07) is 0. The summed E-state index contributed by atoms with van der Waals surface area (Å²) in [7, 11) is 0. The van der Waals surface area contributed by atoms with Crippen LogP contribution < -0.4 is 0 Å². The predicted molar refractivity (Wildman–Crippen MR) is 93.2 cm³/mol. The van der Waals surface area contributed by atoms with Gasteiger partial charge in [0.05, 0.1) is 13.2 Å². The molecule has 0 spiro atoms. The van der Waals surface area contributed by atoms with E-state index < -0.39 is 0 Å². The fourth-order valence-corrected chi connectivity index (χ4v) is 2.06. The molecule has 0 aliphatic carbocycles. The predicted octanol–water partition coefficient (Wildman–Crippen LogP) is 5.04. The van der Waals surface area contributed by atoms with Crippen LogP contribution in [0.4, 0.5) is 0 Å². The Morgan fingerprint density at radius 2 is 1.26 bits per heavy atom. The highest BCUT2D eigenvalue weighted by molar-refractivity contribution is 5.72. The van der Waals surface area contributed by atoms with Gasteiger partial charge in [-0.2, -0.15) is 0 Å². The number of hydrogen-bond acceptors (Lipinski definition) is 4. The van der Waals surface area contributed by atoms with Gasteiger partial charge in [0, 0.05) is 12.8 Å². The highest BCUT2D eigenvalue weighted by atomic mass is 16.5. The van der Waals surface area contributed by atoms with Crippen LogP contribution in [0.1, 0.15) is 91.9 Å². The van der Waals surface area contributed by atoms with Crippen LogP contribution in [-0.2, 0) is 19.1 Å². The highest BCUT2D eigenvalue weighted by Crippen LogP contribution is 2.13. The normalized spacial score (nSPS) is 11.3. The molecule has 0 fully saturated rings. The first-order chi connectivity index (χ1) is 10.8. The maximum absolute atomic E-state index is 11.5. The minimum atomic E-state index is -0.236. The largest absolute Gasteiger partial charge is 0.466 e. The lowest BCUT2D eigenvalue weighted by Gasteiger charge is -2.17. The van der Waals surface area contributed by atoms with Crippen molar-refractivity contribution in [3.05, 3.63) is 0 Å². The van der Waals surface area contributed by atoms with Gasteiger partial charge in [-0.25, -0.2) is 0 Å². The van der Waals surface area contributed by atoms with Crippen LogP contribution in [0.5, 0.6) is 0 Å². The van der Waals surface area contributed by atoms with Gasteiger partial charge >= 0.3 is 11.9 Å². The first kappa shape index (κ1) is 21.9. The number of carbonyl (C=O) groups excluding carboxylic acids is 2. The Morgan fingerprint density at radius 3 is 1.83 bits per heavy atom. The minimum Gasteiger partial charge on any atom is -0.466 e. The zero-order chi connectivity index (χ0) is 17.6. The van der Waals surface area contributed by atoms with Crippen molar-refractivity contribution in [1.82, 2.24) is 0 Å². The summed E-state index contributed by atoms with van der Waals surface area (Å²) < 4.78 is 10.3. The highest BCUT2D eigenvalue weighted by Gasteiger charge is 2.14. The van der Waals surface area contributed by atoms with Crippen molar-refractivity contribution in [3.63, 3.8) is 0 Å². The summed E-state index contributed by atoms with van der Waals surface area (Å²) >= 11 is 0. The number of ether oxygens (including phenoxy) is 2. The third-order valence-electron chi connectivity index (χ3n) is 3.44. The SMILES string of the molecule is CCCCCCCCCOC(=O)CCCC(=O)OCC(C)(C)C. The lowest BCUT2D eigenvalue weighted by Crippen LogP contribution is -2.18. The molecule has 4 heteroatoms. The van der Waals surface area contributed by atoms with E-state index in [0.29, 0.717) is 26.1 Å². The van der Waals surface area contributed by atoms with Gasteiger partial charge in [-0.3, -0.25) is 9.59 Å². The zero-order valence-electron chi connectivity index (χ0n) is 15.6. The maximum atomic E-state index is 11.5. The van der Waals surface area contributed by atoms with Crippen molar-refractivity contribution in [2.45, 2.75) is 91.9 Å². The number of esters is 2. The van der Waals surface area contributed by atoms with Gasteiger partial charge in [0.25, 0.3) is 0 Å². The molecule has 0 aliphatic heterocycles. The Morgan fingerprint density at radius 1 is 0.739 bits per heavy atom. The van der Waals surface area contributed by atoms with E-state index in [-0.39, 0.29) is 23.8 Å². The summed E-state index contributed by atoms with van der Waals surface area (Å²) in [5.74, 6) is -0.445. The van der Waals surface area contributed by atoms with E-state index in [2.05, 4.69) is 6.92 Å². The van der Waals surface area contributed by atoms with Gasteiger partial charge in [0.2, 0.25) is 0 Å². The van der Waals surface area contributed by atoms with Crippen LogP contribution >= 0.6 is 0 Å². The van der Waals surface area contributed by atoms with Crippen LogP contribution in [-0.4, -0.2) is 25.2 Å². The van der Waals surface area contributed by atoms with E-state index in [1.54, 1.807) is 0 Å². The molecule has 0 amide bonds. The van der Waals surface area contributed by atoms with Gasteiger partial charge in [-0.1, -0.05) is 66.2 Å². The molecule has 0 bridgehead atoms. The first-order valence-corrected chi connectivity index (χ1v) is 9.16. The van der Waals surface area contributed by atoms with Gasteiger partial charge < -0.3 is 9.47 Å². The number of hydrogen-bond donors (Lipinski definition) is 0. The van der Waals surface area contributed by atoms with Gasteiger partial charge in [-0.05, 0) is 18.3 Å². The average molecular weight is 328 g/mol. The lowest BCUT2D eigenvalue weighted by atomic mass is 9.99. The van der Waals surface area contributed by atoms with Crippen LogP contribution in [0.3, 0.4) is 0 Å². The Bertz CT molecular complexity index is 318. The van der Waals surface area contributed by atoms with Crippen molar-refractivity contribution in [2.24, 2.45) is 5.41 Å². The third-order valence-corrected chi connectivity index (χ3v) is 3.44. The number of unbranched alkanes of at least 4 members (excludes halogenated alkanes) is 6. The Balaban J connectivity index is 3.42. The van der Waals surface area contributed by atoms with E-state index in [4.69, 9.17) is 9.47 Å². The Hall–Kier alpha value is -1.06. The van der Waals surface area contributed by atoms with E-state index in [1.165, 1.54) is 32.1 Å². The molecule has 0 rings (SSSR count). The van der Waals surface area contributed by atoms with Crippen LogP contribution in [0.2, 0.25) is 0 Å². The molecule has 0 saturated heterocycles. The molecule has 0 N–H and O–H groups in total. The van der Waals surface area contributed by atoms with Crippen molar-refractivity contribution < 1.29 is 19.1 Å². The van der Waals surface area contributed by atoms with Crippen molar-refractivity contribution in [3.8, 4) is 0 Å². The minimum absolute atomic E-state index is 0.0227. The Labute approximate surface area is 142 Å². The van der Waals surface area contributed by atoms with Crippen LogP contribution in [0.15, 0.2) is 0 Å². The van der Waals surface area contributed by atoms with Crippen molar-refractivity contribution in [1.29, 1.82) is 0 Å². The van der Waals surface area contributed by atoms with E-state index in [1.807, 2.05) is 20.8 Å². The standard InChI is InChI=1S/C19H36O4/c1-5-6-7-8-9-10-11-15-22-17(20)13-12-14-18(21)23-16-19(2,3)4/h5-16H2,1-4H3. The molecule has 23 heavy (non-hydrogen) atoms.